The third-order valence-corrected chi connectivity index (χ3v) is 7.64. The van der Waals surface area contributed by atoms with E-state index in [9.17, 15) is 26.7 Å². The number of aromatic nitrogens is 3. The molecule has 4 heterocycles. The Morgan fingerprint density at radius 2 is 2.00 bits per heavy atom. The van der Waals surface area contributed by atoms with E-state index in [-0.39, 0.29) is 16.8 Å². The second-order valence-corrected chi connectivity index (χ2v) is 9.70. The third kappa shape index (κ3) is 4.01. The number of hydrogen-bond donors (Lipinski definition) is 1. The summed E-state index contributed by atoms with van der Waals surface area (Å²) in [5, 5.41) is 4.28. The van der Waals surface area contributed by atoms with Crippen molar-refractivity contribution in [2.75, 3.05) is 13.7 Å². The van der Waals surface area contributed by atoms with Gasteiger partial charge in [-0.3, -0.25) is 4.79 Å². The highest BCUT2D eigenvalue weighted by molar-refractivity contribution is 5.74. The molecule has 2 aromatic heterocycles. The second kappa shape index (κ2) is 9.09. The van der Waals surface area contributed by atoms with Crippen LogP contribution in [-0.2, 0) is 9.47 Å². The average Bonchev–Trinajstić information content (AvgIpc) is 3.41. The Morgan fingerprint density at radius 3 is 2.65 bits per heavy atom. The number of nitrogens with one attached hydrogen (secondary N) is 1. The van der Waals surface area contributed by atoms with Crippen LogP contribution in [0.2, 0.25) is 0 Å². The molecule has 200 valence electrons. The Kier molecular flexibility index (Phi) is 6.30. The number of hydrogen-bond acceptors (Lipinski definition) is 5. The summed E-state index contributed by atoms with van der Waals surface area (Å²) < 4.78 is 89.2. The van der Waals surface area contributed by atoms with Crippen molar-refractivity contribution in [3.05, 3.63) is 57.5 Å². The predicted octanol–water partition coefficient (Wildman–Crippen LogP) is 5.52. The number of alkyl halides is 3. The maximum atomic E-state index is 14.6. The number of pyridine rings is 1. The predicted molar refractivity (Wildman–Crippen MR) is 122 cm³/mol. The molecular weight excluding hydrogens is 501 g/mol. The average molecular weight is 527 g/mol. The zero-order valence-corrected chi connectivity index (χ0v) is 20.4. The van der Waals surface area contributed by atoms with Gasteiger partial charge in [0.2, 0.25) is 11.2 Å². The van der Waals surface area contributed by atoms with Gasteiger partial charge in [0.15, 0.2) is 23.4 Å². The molecule has 0 aliphatic carbocycles. The molecule has 0 radical (unpaired) electrons. The quantitative estimate of drug-likeness (QED) is 0.452. The molecule has 1 N–H and O–H groups in total. The van der Waals surface area contributed by atoms with Gasteiger partial charge in [-0.1, -0.05) is 13.0 Å². The van der Waals surface area contributed by atoms with Gasteiger partial charge < -0.3 is 19.2 Å². The monoisotopic (exact) mass is 527 g/mol. The lowest BCUT2D eigenvalue weighted by molar-refractivity contribution is -0.275. The summed E-state index contributed by atoms with van der Waals surface area (Å²) in [5.41, 5.74) is -2.56. The van der Waals surface area contributed by atoms with E-state index in [1.807, 2.05) is 0 Å². The fraction of sp³-hybridized carbons (Fsp3) is 0.520. The summed E-state index contributed by atoms with van der Waals surface area (Å²) in [7, 11) is 1.11. The van der Waals surface area contributed by atoms with E-state index in [0.717, 1.165) is 32.9 Å². The van der Waals surface area contributed by atoms with Crippen molar-refractivity contribution in [1.29, 1.82) is 0 Å². The Balaban J connectivity index is 1.66. The number of methoxy groups -OCH3 is 1. The zero-order valence-electron chi connectivity index (χ0n) is 20.4. The SMILES string of the molecule is COc1c([C@H]2[C@H](c3cc(=O)c4c(cnn4C4CCCCO4)[nH]3)O[C@@](C)(C(F)(F)F)[C@H]2C)ccc(F)c1F. The van der Waals surface area contributed by atoms with Gasteiger partial charge in [-0.2, -0.15) is 22.7 Å². The molecule has 0 saturated carbocycles. The highest BCUT2D eigenvalue weighted by Crippen LogP contribution is 2.59. The lowest BCUT2D eigenvalue weighted by Gasteiger charge is -2.32. The number of aromatic amines is 1. The highest BCUT2D eigenvalue weighted by Gasteiger charge is 2.65. The zero-order chi connectivity index (χ0) is 26.7. The molecule has 0 amide bonds. The van der Waals surface area contributed by atoms with E-state index in [2.05, 4.69) is 10.1 Å². The standard InChI is InChI=1S/C25H26F5N3O4/c1-12-19(13-7-8-14(26)20(27)22(13)35-3)23(37-24(12,2)25(28,29)30)15-10-17(34)21-16(32-15)11-31-33(21)18-6-4-5-9-36-18/h7-8,10-12,18-19,23H,4-6,9H2,1-3H3,(H,32,34)/t12-,18?,19-,23-,24+/m0/s1. The number of halogens is 5. The van der Waals surface area contributed by atoms with Crippen molar-refractivity contribution < 1.29 is 36.2 Å². The summed E-state index contributed by atoms with van der Waals surface area (Å²) in [5.74, 6) is -5.42. The molecule has 7 nitrogen and oxygen atoms in total. The number of nitrogens with zero attached hydrogens (tertiary/aromatic N) is 2. The topological polar surface area (TPSA) is 78.4 Å². The number of fused-ring (bicyclic) bond motifs is 1. The lowest BCUT2D eigenvalue weighted by atomic mass is 9.76. The van der Waals surface area contributed by atoms with Crippen LogP contribution in [0.1, 0.15) is 62.6 Å². The molecule has 12 heteroatoms. The second-order valence-electron chi connectivity index (χ2n) is 9.70. The summed E-state index contributed by atoms with van der Waals surface area (Å²) in [4.78, 5) is 16.2. The van der Waals surface area contributed by atoms with Crippen LogP contribution in [0.15, 0.2) is 29.2 Å². The third-order valence-electron chi connectivity index (χ3n) is 7.64. The Labute approximate surface area is 208 Å². The maximum Gasteiger partial charge on any atom is 0.417 e. The van der Waals surface area contributed by atoms with Crippen LogP contribution in [0, 0.1) is 17.6 Å². The molecule has 5 atom stereocenters. The molecule has 0 spiro atoms. The number of ether oxygens (including phenoxy) is 3. The van der Waals surface area contributed by atoms with E-state index in [1.54, 1.807) is 0 Å². The Hall–Kier alpha value is -2.99. The van der Waals surface area contributed by atoms with E-state index in [1.165, 1.54) is 29.9 Å². The van der Waals surface area contributed by atoms with Crippen LogP contribution in [0.3, 0.4) is 0 Å². The smallest absolute Gasteiger partial charge is 0.417 e. The highest BCUT2D eigenvalue weighted by atomic mass is 19.4. The van der Waals surface area contributed by atoms with Gasteiger partial charge in [0.05, 0.1) is 18.8 Å². The first-order valence-electron chi connectivity index (χ1n) is 12.0. The number of benzene rings is 1. The van der Waals surface area contributed by atoms with Gasteiger partial charge in [-0.15, -0.1) is 0 Å². The molecule has 1 unspecified atom stereocenters. The van der Waals surface area contributed by atoms with Crippen molar-refractivity contribution in [2.24, 2.45) is 5.92 Å². The molecular formula is C25H26F5N3O4. The van der Waals surface area contributed by atoms with Crippen molar-refractivity contribution >= 4 is 11.0 Å². The van der Waals surface area contributed by atoms with Crippen LogP contribution >= 0.6 is 0 Å². The molecule has 3 aromatic rings. The molecule has 2 aliphatic rings. The summed E-state index contributed by atoms with van der Waals surface area (Å²) in [6, 6.07) is 3.19. The van der Waals surface area contributed by atoms with Gasteiger partial charge in [-0.25, -0.2) is 9.07 Å². The normalized spacial score (nSPS) is 28.6. The molecule has 37 heavy (non-hydrogen) atoms. The summed E-state index contributed by atoms with van der Waals surface area (Å²) >= 11 is 0. The first-order chi connectivity index (χ1) is 17.5. The van der Waals surface area contributed by atoms with Crippen molar-refractivity contribution in [1.82, 2.24) is 14.8 Å². The van der Waals surface area contributed by atoms with Crippen LogP contribution < -0.4 is 10.2 Å². The van der Waals surface area contributed by atoms with Gasteiger partial charge >= 0.3 is 6.18 Å². The van der Waals surface area contributed by atoms with Gasteiger partial charge in [0.25, 0.3) is 0 Å². The minimum absolute atomic E-state index is 0.000813. The van der Waals surface area contributed by atoms with Crippen LogP contribution in [0.25, 0.3) is 11.0 Å². The van der Waals surface area contributed by atoms with Gasteiger partial charge in [-0.05, 0) is 32.3 Å². The van der Waals surface area contributed by atoms with E-state index in [0.29, 0.717) is 18.5 Å². The summed E-state index contributed by atoms with van der Waals surface area (Å²) in [6.45, 7) is 2.77. The molecule has 5 rings (SSSR count). The molecule has 2 saturated heterocycles. The minimum Gasteiger partial charge on any atom is -0.493 e. The minimum atomic E-state index is -4.79. The number of H-pyrrole nitrogens is 1. The Morgan fingerprint density at radius 1 is 1.24 bits per heavy atom. The fourth-order valence-corrected chi connectivity index (χ4v) is 5.47. The molecule has 1 aromatic carbocycles. The van der Waals surface area contributed by atoms with Crippen LogP contribution in [0.4, 0.5) is 22.0 Å². The summed E-state index contributed by atoms with van der Waals surface area (Å²) in [6.07, 6.45) is -2.68. The van der Waals surface area contributed by atoms with Gasteiger partial charge in [0.1, 0.15) is 11.6 Å². The first-order valence-corrected chi connectivity index (χ1v) is 12.0. The van der Waals surface area contributed by atoms with Crippen LogP contribution in [0.5, 0.6) is 5.75 Å². The largest absolute Gasteiger partial charge is 0.493 e. The number of rotatable bonds is 4. The van der Waals surface area contributed by atoms with E-state index >= 15 is 0 Å². The van der Waals surface area contributed by atoms with E-state index < -0.39 is 58.8 Å². The van der Waals surface area contributed by atoms with Crippen molar-refractivity contribution in [3.63, 3.8) is 0 Å². The fourth-order valence-electron chi connectivity index (χ4n) is 5.47. The maximum absolute atomic E-state index is 14.6. The van der Waals surface area contributed by atoms with Crippen molar-refractivity contribution in [3.8, 4) is 5.75 Å². The lowest BCUT2D eigenvalue weighted by Crippen LogP contribution is -2.46. The molecule has 0 bridgehead atoms. The Bertz CT molecular complexity index is 1380. The van der Waals surface area contributed by atoms with Gasteiger partial charge in [0, 0.05) is 35.8 Å². The van der Waals surface area contributed by atoms with E-state index in [4.69, 9.17) is 14.2 Å². The van der Waals surface area contributed by atoms with Crippen LogP contribution in [-0.4, -0.2) is 40.3 Å². The molecule has 2 aliphatic heterocycles. The molecule has 2 fully saturated rings. The van der Waals surface area contributed by atoms with Crippen molar-refractivity contribution in [2.45, 2.75) is 63.1 Å². The first kappa shape index (κ1) is 25.7.